The maximum Gasteiger partial charge on any atom is 0.261 e. The van der Waals surface area contributed by atoms with Crippen molar-refractivity contribution < 1.29 is 9.18 Å². The second-order valence-electron chi connectivity index (χ2n) is 5.88. The van der Waals surface area contributed by atoms with E-state index < -0.39 is 0 Å². The summed E-state index contributed by atoms with van der Waals surface area (Å²) in [6.45, 7) is 1.99. The number of halogens is 1. The number of nitrogens with one attached hydrogen (secondary N) is 1. The molecule has 0 atom stereocenters. The number of aromatic nitrogens is 4. The topological polar surface area (TPSA) is 72.7 Å². The van der Waals surface area contributed by atoms with Crippen molar-refractivity contribution in [1.82, 2.24) is 20.0 Å². The number of aryl methyl sites for hydroxylation is 1. The summed E-state index contributed by atoms with van der Waals surface area (Å²) < 4.78 is 14.8. The highest BCUT2D eigenvalue weighted by Crippen LogP contribution is 2.25. The highest BCUT2D eigenvalue weighted by Gasteiger charge is 2.19. The summed E-state index contributed by atoms with van der Waals surface area (Å²) in [5, 5.41) is 15.3. The largest absolute Gasteiger partial charge is 0.296 e. The Morgan fingerprint density at radius 2 is 1.85 bits per heavy atom. The lowest BCUT2D eigenvalue weighted by Crippen LogP contribution is -2.12. The van der Waals surface area contributed by atoms with Gasteiger partial charge in [0.15, 0.2) is 0 Å². The molecule has 1 amide bonds. The van der Waals surface area contributed by atoms with Crippen LogP contribution < -0.4 is 5.32 Å². The Kier molecular flexibility index (Phi) is 4.47. The molecule has 4 rings (SSSR count). The summed E-state index contributed by atoms with van der Waals surface area (Å²) in [6.07, 6.45) is 1.62. The van der Waals surface area contributed by atoms with Crippen molar-refractivity contribution in [2.45, 2.75) is 6.92 Å². The van der Waals surface area contributed by atoms with Crippen molar-refractivity contribution in [1.29, 1.82) is 0 Å². The minimum Gasteiger partial charge on any atom is -0.296 e. The number of amides is 1. The molecule has 1 N–H and O–H groups in total. The van der Waals surface area contributed by atoms with E-state index in [2.05, 4.69) is 20.6 Å². The van der Waals surface area contributed by atoms with Crippen LogP contribution in [0, 0.1) is 12.7 Å². The molecular formula is C19H14FN5OS. The Bertz CT molecular complexity index is 1070. The summed E-state index contributed by atoms with van der Waals surface area (Å²) in [5.41, 5.74) is 5.03. The van der Waals surface area contributed by atoms with Gasteiger partial charge < -0.3 is 0 Å². The van der Waals surface area contributed by atoms with Crippen LogP contribution in [0.2, 0.25) is 0 Å². The number of carbonyl (C=O) groups excluding carboxylic acids is 1. The molecule has 6 nitrogen and oxygen atoms in total. The van der Waals surface area contributed by atoms with Gasteiger partial charge in [0.25, 0.3) is 5.91 Å². The summed E-state index contributed by atoms with van der Waals surface area (Å²) >= 11 is 1.23. The SMILES string of the molecule is Cc1ccc(-c2nn(-c3ccc(F)cc3)cc2C(=O)Nc2nncs2)cc1. The molecule has 0 bridgehead atoms. The Morgan fingerprint density at radius 3 is 2.52 bits per heavy atom. The van der Waals surface area contributed by atoms with Crippen molar-refractivity contribution in [3.05, 3.63) is 77.2 Å². The molecular weight excluding hydrogens is 365 g/mol. The predicted molar refractivity (Wildman–Crippen MR) is 102 cm³/mol. The van der Waals surface area contributed by atoms with Crippen LogP contribution in [0.5, 0.6) is 0 Å². The van der Waals surface area contributed by atoms with E-state index in [0.717, 1.165) is 11.1 Å². The summed E-state index contributed by atoms with van der Waals surface area (Å²) in [7, 11) is 0. The molecule has 2 heterocycles. The van der Waals surface area contributed by atoms with E-state index in [4.69, 9.17) is 0 Å². The van der Waals surface area contributed by atoms with Gasteiger partial charge in [-0.2, -0.15) is 5.10 Å². The highest BCUT2D eigenvalue weighted by molar-refractivity contribution is 7.13. The van der Waals surface area contributed by atoms with E-state index in [1.165, 1.54) is 23.5 Å². The van der Waals surface area contributed by atoms with E-state index >= 15 is 0 Å². The maximum atomic E-state index is 13.2. The van der Waals surface area contributed by atoms with E-state index in [-0.39, 0.29) is 11.7 Å². The van der Waals surface area contributed by atoms with Crippen LogP contribution in [0.15, 0.2) is 60.2 Å². The van der Waals surface area contributed by atoms with Crippen LogP contribution in [0.25, 0.3) is 16.9 Å². The van der Waals surface area contributed by atoms with Gasteiger partial charge in [0, 0.05) is 11.8 Å². The summed E-state index contributed by atoms with van der Waals surface area (Å²) in [6, 6.07) is 13.6. The van der Waals surface area contributed by atoms with Gasteiger partial charge in [0.2, 0.25) is 5.13 Å². The molecule has 0 aliphatic heterocycles. The van der Waals surface area contributed by atoms with Crippen molar-refractivity contribution in [3.8, 4) is 16.9 Å². The van der Waals surface area contributed by atoms with E-state index in [9.17, 15) is 9.18 Å². The van der Waals surface area contributed by atoms with Gasteiger partial charge in [-0.3, -0.25) is 10.1 Å². The predicted octanol–water partition coefficient (Wildman–Crippen LogP) is 4.09. The Morgan fingerprint density at radius 1 is 1.11 bits per heavy atom. The molecule has 27 heavy (non-hydrogen) atoms. The van der Waals surface area contributed by atoms with Crippen LogP contribution in [0.4, 0.5) is 9.52 Å². The number of carbonyl (C=O) groups is 1. The summed E-state index contributed by atoms with van der Waals surface area (Å²) in [4.78, 5) is 12.8. The first-order valence-electron chi connectivity index (χ1n) is 8.10. The molecule has 8 heteroatoms. The van der Waals surface area contributed by atoms with Crippen molar-refractivity contribution in [3.63, 3.8) is 0 Å². The smallest absolute Gasteiger partial charge is 0.261 e. The fourth-order valence-corrected chi connectivity index (χ4v) is 3.02. The number of hydrogen-bond donors (Lipinski definition) is 1. The quantitative estimate of drug-likeness (QED) is 0.580. The van der Waals surface area contributed by atoms with Gasteiger partial charge >= 0.3 is 0 Å². The number of nitrogens with zero attached hydrogens (tertiary/aromatic N) is 4. The minimum atomic E-state index is -0.337. The Balaban J connectivity index is 1.78. The molecule has 0 unspecified atom stereocenters. The van der Waals surface area contributed by atoms with E-state index in [0.29, 0.717) is 22.1 Å². The maximum absolute atomic E-state index is 13.2. The van der Waals surface area contributed by atoms with E-state index in [1.54, 1.807) is 28.5 Å². The molecule has 4 aromatic rings. The second kappa shape index (κ2) is 7.08. The Hall–Kier alpha value is -3.39. The van der Waals surface area contributed by atoms with Crippen molar-refractivity contribution in [2.75, 3.05) is 5.32 Å². The van der Waals surface area contributed by atoms with Gasteiger partial charge in [-0.25, -0.2) is 9.07 Å². The molecule has 134 valence electrons. The average molecular weight is 379 g/mol. The third-order valence-corrected chi connectivity index (χ3v) is 4.56. The van der Waals surface area contributed by atoms with Crippen LogP contribution in [-0.4, -0.2) is 25.9 Å². The number of rotatable bonds is 4. The number of hydrogen-bond acceptors (Lipinski definition) is 5. The third kappa shape index (κ3) is 3.61. The lowest BCUT2D eigenvalue weighted by Gasteiger charge is -2.03. The zero-order chi connectivity index (χ0) is 18.8. The third-order valence-electron chi connectivity index (χ3n) is 3.96. The number of benzene rings is 2. The minimum absolute atomic E-state index is 0.334. The lowest BCUT2D eigenvalue weighted by molar-refractivity contribution is 0.102. The monoisotopic (exact) mass is 379 g/mol. The molecule has 0 saturated carbocycles. The van der Waals surface area contributed by atoms with E-state index in [1.807, 2.05) is 31.2 Å². The Labute approximate surface area is 158 Å². The van der Waals surface area contributed by atoms with Crippen LogP contribution in [0.3, 0.4) is 0 Å². The molecule has 0 aliphatic carbocycles. The fourth-order valence-electron chi connectivity index (χ4n) is 2.58. The second-order valence-corrected chi connectivity index (χ2v) is 6.71. The first-order chi connectivity index (χ1) is 13.1. The fraction of sp³-hybridized carbons (Fsp3) is 0.0526. The molecule has 0 saturated heterocycles. The van der Waals surface area contributed by atoms with Crippen molar-refractivity contribution in [2.24, 2.45) is 0 Å². The molecule has 0 radical (unpaired) electrons. The van der Waals surface area contributed by atoms with Crippen LogP contribution in [0.1, 0.15) is 15.9 Å². The van der Waals surface area contributed by atoms with Gasteiger partial charge in [0.1, 0.15) is 17.0 Å². The van der Waals surface area contributed by atoms with Crippen molar-refractivity contribution >= 4 is 22.4 Å². The molecule has 0 aliphatic rings. The molecule has 0 spiro atoms. The zero-order valence-electron chi connectivity index (χ0n) is 14.3. The first-order valence-corrected chi connectivity index (χ1v) is 8.98. The molecule has 2 aromatic carbocycles. The van der Waals surface area contributed by atoms with Gasteiger partial charge in [-0.15, -0.1) is 10.2 Å². The zero-order valence-corrected chi connectivity index (χ0v) is 15.1. The van der Waals surface area contributed by atoms with Crippen LogP contribution >= 0.6 is 11.3 Å². The lowest BCUT2D eigenvalue weighted by atomic mass is 10.1. The molecule has 2 aromatic heterocycles. The highest BCUT2D eigenvalue weighted by atomic mass is 32.1. The number of anilines is 1. The average Bonchev–Trinajstić information content (AvgIpc) is 3.33. The summed E-state index contributed by atoms with van der Waals surface area (Å²) in [5.74, 6) is -0.672. The van der Waals surface area contributed by atoms with Crippen LogP contribution in [-0.2, 0) is 0 Å². The van der Waals surface area contributed by atoms with Gasteiger partial charge in [-0.05, 0) is 31.2 Å². The van der Waals surface area contributed by atoms with Gasteiger partial charge in [0.05, 0.1) is 11.3 Å². The standard InChI is InChI=1S/C19H14FN5OS/c1-12-2-4-13(5-3-12)17-16(18(26)22-19-23-21-11-27-19)10-25(24-17)15-8-6-14(20)7-9-15/h2-11H,1H3,(H,22,23,26). The first kappa shape index (κ1) is 17.0. The molecule has 0 fully saturated rings. The normalized spacial score (nSPS) is 10.7. The van der Waals surface area contributed by atoms with Gasteiger partial charge in [-0.1, -0.05) is 41.2 Å².